The predicted molar refractivity (Wildman–Crippen MR) is 63.6 cm³/mol. The van der Waals surface area contributed by atoms with Crippen LogP contribution in [0.1, 0.15) is 0 Å². The first-order valence-corrected chi connectivity index (χ1v) is 5.48. The topological polar surface area (TPSA) is 15.8 Å². The molecule has 0 saturated heterocycles. The van der Waals surface area contributed by atoms with E-state index in [2.05, 4.69) is 4.98 Å². The molecule has 0 aliphatic rings. The average molecular weight is 265 g/mol. The number of nitrogens with one attached hydrogen (secondary N) is 1. The number of aromatic amines is 1. The second-order valence-electron chi connectivity index (χ2n) is 4.17. The van der Waals surface area contributed by atoms with Gasteiger partial charge in [0.2, 0.25) is 0 Å². The summed E-state index contributed by atoms with van der Waals surface area (Å²) < 4.78 is 52.2. The minimum Gasteiger partial charge on any atom is -0.354 e. The molecular weight excluding hydrogens is 258 g/mol. The number of aromatic nitrogens is 1. The highest BCUT2D eigenvalue weighted by Gasteiger charge is 2.13. The SMILES string of the molecule is Fc1ccc2cc(-c3cc(F)c(F)c(F)c3)[nH]c2c1. The molecule has 1 aromatic heterocycles. The van der Waals surface area contributed by atoms with Gasteiger partial charge in [-0.1, -0.05) is 0 Å². The smallest absolute Gasteiger partial charge is 0.194 e. The quantitative estimate of drug-likeness (QED) is 0.496. The first-order valence-electron chi connectivity index (χ1n) is 5.48. The highest BCUT2D eigenvalue weighted by atomic mass is 19.2. The molecule has 2 aromatic carbocycles. The van der Waals surface area contributed by atoms with E-state index in [4.69, 9.17) is 0 Å². The zero-order valence-corrected chi connectivity index (χ0v) is 9.48. The number of hydrogen-bond donors (Lipinski definition) is 1. The molecule has 0 atom stereocenters. The van der Waals surface area contributed by atoms with Crippen molar-refractivity contribution in [2.75, 3.05) is 0 Å². The molecule has 96 valence electrons. The van der Waals surface area contributed by atoms with Gasteiger partial charge in [0.1, 0.15) is 5.82 Å². The van der Waals surface area contributed by atoms with Gasteiger partial charge in [-0.05, 0) is 36.4 Å². The van der Waals surface area contributed by atoms with Gasteiger partial charge < -0.3 is 4.98 Å². The fourth-order valence-electron chi connectivity index (χ4n) is 1.97. The summed E-state index contributed by atoms with van der Waals surface area (Å²) in [6, 6.07) is 7.49. The largest absolute Gasteiger partial charge is 0.354 e. The van der Waals surface area contributed by atoms with Crippen LogP contribution in [0.2, 0.25) is 0 Å². The van der Waals surface area contributed by atoms with Crippen LogP contribution in [0.3, 0.4) is 0 Å². The summed E-state index contributed by atoms with van der Waals surface area (Å²) in [5.74, 6) is -4.46. The molecule has 1 N–H and O–H groups in total. The molecule has 0 fully saturated rings. The van der Waals surface area contributed by atoms with Crippen molar-refractivity contribution in [1.82, 2.24) is 4.98 Å². The van der Waals surface area contributed by atoms with Crippen LogP contribution in [0.5, 0.6) is 0 Å². The fourth-order valence-corrected chi connectivity index (χ4v) is 1.97. The van der Waals surface area contributed by atoms with E-state index in [1.165, 1.54) is 12.1 Å². The van der Waals surface area contributed by atoms with E-state index < -0.39 is 23.3 Å². The molecule has 0 spiro atoms. The van der Waals surface area contributed by atoms with E-state index in [9.17, 15) is 17.6 Å². The molecule has 0 saturated carbocycles. The van der Waals surface area contributed by atoms with Crippen LogP contribution < -0.4 is 0 Å². The Labute approximate surface area is 105 Å². The second-order valence-corrected chi connectivity index (χ2v) is 4.17. The summed E-state index contributed by atoms with van der Waals surface area (Å²) in [4.78, 5) is 2.83. The normalized spacial score (nSPS) is 11.2. The minimum absolute atomic E-state index is 0.160. The van der Waals surface area contributed by atoms with E-state index in [1.807, 2.05) is 0 Å². The average Bonchev–Trinajstić information content (AvgIpc) is 2.78. The van der Waals surface area contributed by atoms with Crippen LogP contribution >= 0.6 is 0 Å². The standard InChI is InChI=1S/C14H7F4N/c15-9-2-1-7-5-12(19-13(7)6-9)8-3-10(16)14(18)11(17)4-8/h1-6,19H. The van der Waals surface area contributed by atoms with Crippen molar-refractivity contribution in [3.05, 3.63) is 59.7 Å². The Balaban J connectivity index is 2.19. The lowest BCUT2D eigenvalue weighted by Crippen LogP contribution is -1.91. The Bertz CT molecular complexity index is 753. The van der Waals surface area contributed by atoms with Crippen molar-refractivity contribution in [2.45, 2.75) is 0 Å². The maximum Gasteiger partial charge on any atom is 0.194 e. The molecule has 1 heterocycles. The Morgan fingerprint density at radius 3 is 2.16 bits per heavy atom. The van der Waals surface area contributed by atoms with Gasteiger partial charge in [0.15, 0.2) is 17.5 Å². The van der Waals surface area contributed by atoms with Gasteiger partial charge in [0, 0.05) is 22.2 Å². The maximum atomic E-state index is 13.2. The molecule has 0 radical (unpaired) electrons. The Morgan fingerprint density at radius 2 is 1.47 bits per heavy atom. The summed E-state index contributed by atoms with van der Waals surface area (Å²) in [6.45, 7) is 0. The van der Waals surface area contributed by atoms with Crippen LogP contribution in [0, 0.1) is 23.3 Å². The van der Waals surface area contributed by atoms with Crippen molar-refractivity contribution < 1.29 is 17.6 Å². The number of fused-ring (bicyclic) bond motifs is 1. The van der Waals surface area contributed by atoms with Crippen LogP contribution in [0.15, 0.2) is 36.4 Å². The second kappa shape index (κ2) is 4.12. The first kappa shape index (κ1) is 11.8. The molecule has 0 bridgehead atoms. The van der Waals surface area contributed by atoms with Crippen molar-refractivity contribution in [3.8, 4) is 11.3 Å². The summed E-state index contributed by atoms with van der Waals surface area (Å²) in [7, 11) is 0. The van der Waals surface area contributed by atoms with Gasteiger partial charge in [-0.15, -0.1) is 0 Å². The van der Waals surface area contributed by atoms with Crippen LogP contribution in [-0.2, 0) is 0 Å². The number of H-pyrrole nitrogens is 1. The third-order valence-corrected chi connectivity index (χ3v) is 2.88. The van der Waals surface area contributed by atoms with Gasteiger partial charge in [-0.2, -0.15) is 0 Å². The zero-order chi connectivity index (χ0) is 13.6. The maximum absolute atomic E-state index is 13.2. The third kappa shape index (κ3) is 1.97. The van der Waals surface area contributed by atoms with E-state index in [0.717, 1.165) is 12.1 Å². The summed E-state index contributed by atoms with van der Waals surface area (Å²) >= 11 is 0. The first-order chi connectivity index (χ1) is 9.04. The van der Waals surface area contributed by atoms with Gasteiger partial charge in [-0.25, -0.2) is 17.6 Å². The lowest BCUT2D eigenvalue weighted by Gasteiger charge is -2.00. The van der Waals surface area contributed by atoms with E-state index in [-0.39, 0.29) is 5.56 Å². The van der Waals surface area contributed by atoms with E-state index in [1.54, 1.807) is 12.1 Å². The van der Waals surface area contributed by atoms with Gasteiger partial charge >= 0.3 is 0 Å². The van der Waals surface area contributed by atoms with Crippen molar-refractivity contribution in [2.24, 2.45) is 0 Å². The zero-order valence-electron chi connectivity index (χ0n) is 9.48. The minimum atomic E-state index is -1.51. The molecule has 3 rings (SSSR count). The molecule has 0 aliphatic heterocycles. The van der Waals surface area contributed by atoms with Gasteiger partial charge in [-0.3, -0.25) is 0 Å². The number of hydrogen-bond acceptors (Lipinski definition) is 0. The Hall–Kier alpha value is -2.30. The monoisotopic (exact) mass is 265 g/mol. The van der Waals surface area contributed by atoms with Crippen LogP contribution in [0.4, 0.5) is 17.6 Å². The molecule has 1 nitrogen and oxygen atoms in total. The molecule has 0 unspecified atom stereocenters. The molecule has 0 aliphatic carbocycles. The predicted octanol–water partition coefficient (Wildman–Crippen LogP) is 4.39. The Kier molecular flexibility index (Phi) is 2.55. The van der Waals surface area contributed by atoms with Crippen molar-refractivity contribution in [3.63, 3.8) is 0 Å². The van der Waals surface area contributed by atoms with Crippen molar-refractivity contribution in [1.29, 1.82) is 0 Å². The highest BCUT2D eigenvalue weighted by Crippen LogP contribution is 2.27. The number of benzene rings is 2. The summed E-state index contributed by atoms with van der Waals surface area (Å²) in [5.41, 5.74) is 1.05. The van der Waals surface area contributed by atoms with Crippen LogP contribution in [-0.4, -0.2) is 4.98 Å². The van der Waals surface area contributed by atoms with Crippen molar-refractivity contribution >= 4 is 10.9 Å². The summed E-state index contributed by atoms with van der Waals surface area (Å²) in [6.07, 6.45) is 0. The molecule has 19 heavy (non-hydrogen) atoms. The third-order valence-electron chi connectivity index (χ3n) is 2.88. The molecule has 0 amide bonds. The van der Waals surface area contributed by atoms with E-state index in [0.29, 0.717) is 16.6 Å². The summed E-state index contributed by atoms with van der Waals surface area (Å²) in [5, 5.41) is 0.696. The molecular formula is C14H7F4N. The number of halogens is 4. The number of rotatable bonds is 1. The highest BCUT2D eigenvalue weighted by molar-refractivity contribution is 5.85. The lowest BCUT2D eigenvalue weighted by molar-refractivity contribution is 0.447. The van der Waals surface area contributed by atoms with E-state index >= 15 is 0 Å². The lowest BCUT2D eigenvalue weighted by atomic mass is 10.1. The fraction of sp³-hybridized carbons (Fsp3) is 0. The Morgan fingerprint density at radius 1 is 0.789 bits per heavy atom. The molecule has 3 aromatic rings. The van der Waals surface area contributed by atoms with Gasteiger partial charge in [0.05, 0.1) is 0 Å². The molecule has 5 heteroatoms. The van der Waals surface area contributed by atoms with Crippen LogP contribution in [0.25, 0.3) is 22.2 Å². The van der Waals surface area contributed by atoms with Gasteiger partial charge in [0.25, 0.3) is 0 Å².